The molecule has 0 bridgehead atoms. The second-order valence-corrected chi connectivity index (χ2v) is 5.86. The van der Waals surface area contributed by atoms with E-state index in [1.807, 2.05) is 6.07 Å². The van der Waals surface area contributed by atoms with Crippen LogP contribution in [0.1, 0.15) is 23.0 Å². The third-order valence-corrected chi connectivity index (χ3v) is 4.12. The molecule has 0 aliphatic carbocycles. The van der Waals surface area contributed by atoms with E-state index in [0.717, 1.165) is 6.07 Å². The largest absolute Gasteiger partial charge is 0.458 e. The van der Waals surface area contributed by atoms with Crippen molar-refractivity contribution in [2.45, 2.75) is 12.5 Å². The zero-order chi connectivity index (χ0) is 17.4. The lowest BCUT2D eigenvalue weighted by Gasteiger charge is -2.25. The number of aliphatic hydroxyl groups is 1. The summed E-state index contributed by atoms with van der Waals surface area (Å²) < 4.78 is 10.8. The first kappa shape index (κ1) is 16.4. The van der Waals surface area contributed by atoms with Crippen molar-refractivity contribution in [2.75, 3.05) is 0 Å². The first-order chi connectivity index (χ1) is 11.5. The van der Waals surface area contributed by atoms with E-state index < -0.39 is 18.0 Å². The molecule has 3 rings (SSSR count). The monoisotopic (exact) mass is 364 g/mol. The van der Waals surface area contributed by atoms with Gasteiger partial charge in [0.15, 0.2) is 5.76 Å². The maximum absolute atomic E-state index is 12.2. The lowest BCUT2D eigenvalue weighted by Crippen LogP contribution is -2.25. The van der Waals surface area contributed by atoms with Crippen LogP contribution in [-0.2, 0) is 6.61 Å². The summed E-state index contributed by atoms with van der Waals surface area (Å²) in [6, 6.07) is 7.77. The maximum Gasteiger partial charge on any atom is 0.228 e. The summed E-state index contributed by atoms with van der Waals surface area (Å²) in [5, 5.41) is 19.4. The van der Waals surface area contributed by atoms with E-state index in [4.69, 9.17) is 38.1 Å². The molecule has 2 heterocycles. The average molecular weight is 365 g/mol. The number of benzene rings is 1. The highest BCUT2D eigenvalue weighted by atomic mass is 35.5. The number of aliphatic hydroxyl groups excluding tert-OH is 1. The molecule has 0 unspecified atom stereocenters. The Bertz CT molecular complexity index is 960. The number of allylic oxidation sites excluding steroid dienone is 1. The van der Waals surface area contributed by atoms with Crippen LogP contribution < -0.4 is 15.9 Å². The maximum atomic E-state index is 12.2. The average Bonchev–Trinajstić information content (AvgIpc) is 2.54. The molecule has 1 aliphatic heterocycles. The Kier molecular flexibility index (Phi) is 4.24. The van der Waals surface area contributed by atoms with E-state index in [9.17, 15) is 15.2 Å². The number of ether oxygens (including phenoxy) is 1. The van der Waals surface area contributed by atoms with Gasteiger partial charge in [0.2, 0.25) is 17.1 Å². The van der Waals surface area contributed by atoms with Crippen LogP contribution in [0.4, 0.5) is 0 Å². The van der Waals surface area contributed by atoms with Crippen LogP contribution in [0.5, 0.6) is 5.75 Å². The smallest absolute Gasteiger partial charge is 0.228 e. The van der Waals surface area contributed by atoms with Gasteiger partial charge in [-0.05, 0) is 17.7 Å². The van der Waals surface area contributed by atoms with Crippen LogP contribution in [0.3, 0.4) is 0 Å². The number of fused-ring (bicyclic) bond motifs is 1. The molecular weight excluding hydrogens is 355 g/mol. The van der Waals surface area contributed by atoms with Crippen LogP contribution in [0.15, 0.2) is 44.9 Å². The summed E-state index contributed by atoms with van der Waals surface area (Å²) in [7, 11) is 0. The van der Waals surface area contributed by atoms with Crippen LogP contribution in [0, 0.1) is 11.3 Å². The highest BCUT2D eigenvalue weighted by Gasteiger charge is 2.36. The fraction of sp³-hybridized carbons (Fsp3) is 0.125. The van der Waals surface area contributed by atoms with Gasteiger partial charge in [0, 0.05) is 16.1 Å². The Morgan fingerprint density at radius 3 is 2.71 bits per heavy atom. The molecule has 0 amide bonds. The number of nitrogens with two attached hydrogens (primary N) is 1. The van der Waals surface area contributed by atoms with Crippen LogP contribution >= 0.6 is 23.2 Å². The van der Waals surface area contributed by atoms with Crippen LogP contribution in [0.2, 0.25) is 10.0 Å². The minimum atomic E-state index is -0.845. The zero-order valence-corrected chi connectivity index (χ0v) is 13.6. The zero-order valence-electron chi connectivity index (χ0n) is 12.0. The Balaban J connectivity index is 2.33. The van der Waals surface area contributed by atoms with Gasteiger partial charge in [-0.15, -0.1) is 0 Å². The predicted octanol–water partition coefficient (Wildman–Crippen LogP) is 2.66. The topological polar surface area (TPSA) is 109 Å². The molecule has 1 atom stereocenters. The van der Waals surface area contributed by atoms with Crippen molar-refractivity contribution in [1.82, 2.24) is 0 Å². The van der Waals surface area contributed by atoms with E-state index >= 15 is 0 Å². The van der Waals surface area contributed by atoms with Crippen molar-refractivity contribution < 1.29 is 14.3 Å². The van der Waals surface area contributed by atoms with E-state index in [0.29, 0.717) is 10.6 Å². The first-order valence-corrected chi connectivity index (χ1v) is 7.52. The molecule has 8 heteroatoms. The van der Waals surface area contributed by atoms with Crippen molar-refractivity contribution in [1.29, 1.82) is 5.26 Å². The molecule has 6 nitrogen and oxygen atoms in total. The van der Waals surface area contributed by atoms with E-state index in [1.165, 1.54) is 6.07 Å². The standard InChI is InChI=1S/C16H10Cl2N2O4/c17-7-1-2-9(11(18)3-7)13-10(5-19)16(20)24-14-12(22)4-8(6-21)23-15(13)14/h1-4,13,21H,6,20H2/t13-/m0/s1. The predicted molar refractivity (Wildman–Crippen MR) is 86.7 cm³/mol. The number of nitriles is 1. The van der Waals surface area contributed by atoms with Gasteiger partial charge >= 0.3 is 0 Å². The molecule has 1 aliphatic rings. The van der Waals surface area contributed by atoms with Crippen LogP contribution in [0.25, 0.3) is 0 Å². The molecule has 1 aromatic heterocycles. The van der Waals surface area contributed by atoms with Crippen molar-refractivity contribution in [2.24, 2.45) is 5.73 Å². The molecular formula is C16H10Cl2N2O4. The number of nitrogens with zero attached hydrogens (tertiary/aromatic N) is 1. The third kappa shape index (κ3) is 2.63. The lowest BCUT2D eigenvalue weighted by atomic mass is 9.87. The Morgan fingerprint density at radius 2 is 2.08 bits per heavy atom. The summed E-state index contributed by atoms with van der Waals surface area (Å²) in [6.45, 7) is -0.481. The highest BCUT2D eigenvalue weighted by molar-refractivity contribution is 6.35. The summed E-state index contributed by atoms with van der Waals surface area (Å²) in [5.41, 5.74) is 5.79. The third-order valence-electron chi connectivity index (χ3n) is 3.56. The molecule has 1 aromatic carbocycles. The minimum absolute atomic E-state index is 0.0372. The molecule has 0 fully saturated rings. The first-order valence-electron chi connectivity index (χ1n) is 6.76. The van der Waals surface area contributed by atoms with Gasteiger partial charge in [0.05, 0.1) is 5.92 Å². The molecule has 122 valence electrons. The minimum Gasteiger partial charge on any atom is -0.458 e. The summed E-state index contributed by atoms with van der Waals surface area (Å²) in [6.07, 6.45) is 0. The van der Waals surface area contributed by atoms with Gasteiger partial charge in [0.25, 0.3) is 0 Å². The molecule has 2 aromatic rings. The summed E-state index contributed by atoms with van der Waals surface area (Å²) in [5.74, 6) is -1.09. The van der Waals surface area contributed by atoms with E-state index in [-0.39, 0.29) is 33.7 Å². The van der Waals surface area contributed by atoms with Gasteiger partial charge in [-0.1, -0.05) is 29.3 Å². The van der Waals surface area contributed by atoms with Crippen molar-refractivity contribution >= 4 is 23.2 Å². The number of rotatable bonds is 2. The Labute approximate surface area is 146 Å². The van der Waals surface area contributed by atoms with Gasteiger partial charge in [0.1, 0.15) is 24.0 Å². The number of halogens is 2. The van der Waals surface area contributed by atoms with Crippen molar-refractivity contribution in [3.8, 4) is 11.8 Å². The van der Waals surface area contributed by atoms with Gasteiger partial charge in [-0.3, -0.25) is 4.79 Å². The summed E-state index contributed by atoms with van der Waals surface area (Å²) >= 11 is 12.2. The van der Waals surface area contributed by atoms with Crippen LogP contribution in [-0.4, -0.2) is 5.11 Å². The second kappa shape index (κ2) is 6.21. The molecule has 0 saturated carbocycles. The fourth-order valence-electron chi connectivity index (χ4n) is 2.51. The second-order valence-electron chi connectivity index (χ2n) is 5.02. The lowest BCUT2D eigenvalue weighted by molar-refractivity contribution is 0.231. The van der Waals surface area contributed by atoms with Gasteiger partial charge in [-0.25, -0.2) is 0 Å². The van der Waals surface area contributed by atoms with E-state index in [2.05, 4.69) is 0 Å². The Morgan fingerprint density at radius 1 is 1.33 bits per heavy atom. The normalized spacial score (nSPS) is 16.3. The Hall–Kier alpha value is -2.46. The van der Waals surface area contributed by atoms with E-state index in [1.54, 1.807) is 12.1 Å². The SMILES string of the molecule is N#CC1=C(N)Oc2c(oc(CO)cc2=O)[C@H]1c1ccc(Cl)cc1Cl. The summed E-state index contributed by atoms with van der Waals surface area (Å²) in [4.78, 5) is 12.2. The van der Waals surface area contributed by atoms with Crippen molar-refractivity contribution in [3.63, 3.8) is 0 Å². The van der Waals surface area contributed by atoms with Crippen molar-refractivity contribution in [3.05, 3.63) is 73.1 Å². The van der Waals surface area contributed by atoms with Gasteiger partial charge in [-0.2, -0.15) is 5.26 Å². The molecule has 0 radical (unpaired) electrons. The van der Waals surface area contributed by atoms with Gasteiger partial charge < -0.3 is 20.0 Å². The number of hydrogen-bond donors (Lipinski definition) is 2. The molecule has 0 saturated heterocycles. The fourth-order valence-corrected chi connectivity index (χ4v) is 3.03. The molecule has 0 spiro atoms. The molecule has 3 N–H and O–H groups in total. The quantitative estimate of drug-likeness (QED) is 0.847. The highest BCUT2D eigenvalue weighted by Crippen LogP contribution is 2.43. The molecule has 24 heavy (non-hydrogen) atoms. The number of hydrogen-bond acceptors (Lipinski definition) is 6.